The van der Waals surface area contributed by atoms with E-state index < -0.39 is 0 Å². The van der Waals surface area contributed by atoms with Crippen LogP contribution in [0.5, 0.6) is 0 Å². The van der Waals surface area contributed by atoms with Crippen LogP contribution in [0.25, 0.3) is 0 Å². The first-order chi connectivity index (χ1) is 10.6. The molecular weight excluding hydrogens is 276 g/mol. The van der Waals surface area contributed by atoms with E-state index >= 15 is 0 Å². The number of ketones is 1. The van der Waals surface area contributed by atoms with Gasteiger partial charge in [-0.2, -0.15) is 0 Å². The van der Waals surface area contributed by atoms with Gasteiger partial charge in [0.1, 0.15) is 0 Å². The van der Waals surface area contributed by atoms with Gasteiger partial charge in [-0.05, 0) is 19.4 Å². The van der Waals surface area contributed by atoms with Gasteiger partial charge >= 0.3 is 0 Å². The number of likely N-dealkylation sites (tertiary alicyclic amines) is 1. The highest BCUT2D eigenvalue weighted by atomic mass is 16.2. The monoisotopic (exact) mass is 302 g/mol. The normalized spacial score (nSPS) is 19.1. The predicted molar refractivity (Wildman–Crippen MR) is 87.8 cm³/mol. The van der Waals surface area contributed by atoms with Crippen molar-refractivity contribution in [3.8, 4) is 0 Å². The summed E-state index contributed by atoms with van der Waals surface area (Å²) in [6.07, 6.45) is 2.64. The van der Waals surface area contributed by atoms with Crippen LogP contribution in [0.15, 0.2) is 30.3 Å². The van der Waals surface area contributed by atoms with E-state index in [0.717, 1.165) is 38.0 Å². The highest BCUT2D eigenvalue weighted by Crippen LogP contribution is 2.12. The Morgan fingerprint density at radius 3 is 2.68 bits per heavy atom. The lowest BCUT2D eigenvalue weighted by Crippen LogP contribution is -2.49. The third-order valence-electron chi connectivity index (χ3n) is 4.13. The van der Waals surface area contributed by atoms with Crippen molar-refractivity contribution in [3.63, 3.8) is 0 Å². The van der Waals surface area contributed by atoms with Crippen molar-refractivity contribution >= 4 is 11.7 Å². The fraction of sp³-hybridized carbons (Fsp3) is 0.556. The molecule has 1 atom stereocenters. The Hall–Kier alpha value is -1.68. The molecule has 1 aromatic carbocycles. The molecule has 1 fully saturated rings. The van der Waals surface area contributed by atoms with Crippen LogP contribution in [0.4, 0.5) is 0 Å². The Morgan fingerprint density at radius 1 is 1.27 bits per heavy atom. The van der Waals surface area contributed by atoms with E-state index in [9.17, 15) is 9.59 Å². The van der Waals surface area contributed by atoms with E-state index in [4.69, 9.17) is 0 Å². The van der Waals surface area contributed by atoms with Crippen LogP contribution in [0.2, 0.25) is 0 Å². The third kappa shape index (κ3) is 4.95. The zero-order valence-corrected chi connectivity index (χ0v) is 13.5. The molecule has 0 bridgehead atoms. The maximum absolute atomic E-state index is 12.1. The maximum Gasteiger partial charge on any atom is 0.222 e. The molecule has 22 heavy (non-hydrogen) atoms. The van der Waals surface area contributed by atoms with Gasteiger partial charge in [-0.15, -0.1) is 0 Å². The summed E-state index contributed by atoms with van der Waals surface area (Å²) < 4.78 is 0. The lowest BCUT2D eigenvalue weighted by molar-refractivity contribution is -0.125. The van der Waals surface area contributed by atoms with E-state index in [2.05, 4.69) is 10.2 Å². The number of nitrogens with zero attached hydrogens (tertiary/aromatic N) is 1. The number of nitrogens with one attached hydrogen (secondary N) is 1. The van der Waals surface area contributed by atoms with Gasteiger partial charge in [-0.3, -0.25) is 9.59 Å². The summed E-state index contributed by atoms with van der Waals surface area (Å²) in [6.45, 7) is 6.45. The number of carbonyl (C=O) groups is 2. The Kier molecular flexibility index (Phi) is 6.13. The Balaban J connectivity index is 1.78. The molecule has 2 rings (SSSR count). The summed E-state index contributed by atoms with van der Waals surface area (Å²) >= 11 is 0. The third-order valence-corrected chi connectivity index (χ3v) is 4.13. The van der Waals surface area contributed by atoms with Crippen LogP contribution in [0.1, 0.15) is 43.5 Å². The maximum atomic E-state index is 12.1. The molecule has 0 radical (unpaired) electrons. The molecule has 0 aromatic heterocycles. The topological polar surface area (TPSA) is 49.4 Å². The Bertz CT molecular complexity index is 499. The SMILES string of the molecule is CC(C)C(=O)N[C@@H]1CCCN(CCC(=O)c2ccccc2)C1. The average Bonchev–Trinajstić information content (AvgIpc) is 2.53. The highest BCUT2D eigenvalue weighted by molar-refractivity contribution is 5.96. The summed E-state index contributed by atoms with van der Waals surface area (Å²) in [6, 6.07) is 9.66. The summed E-state index contributed by atoms with van der Waals surface area (Å²) in [5, 5.41) is 3.10. The Morgan fingerprint density at radius 2 is 2.00 bits per heavy atom. The van der Waals surface area contributed by atoms with Gasteiger partial charge in [0, 0.05) is 37.0 Å². The van der Waals surface area contributed by atoms with Gasteiger partial charge in [-0.25, -0.2) is 0 Å². The molecule has 4 nitrogen and oxygen atoms in total. The predicted octanol–water partition coefficient (Wildman–Crippen LogP) is 2.50. The molecule has 1 amide bonds. The quantitative estimate of drug-likeness (QED) is 0.821. The van der Waals surface area contributed by atoms with Crippen LogP contribution in [0, 0.1) is 5.92 Å². The number of carbonyl (C=O) groups excluding carboxylic acids is 2. The van der Waals surface area contributed by atoms with Crippen molar-refractivity contribution in [2.75, 3.05) is 19.6 Å². The minimum Gasteiger partial charge on any atom is -0.352 e. The minimum absolute atomic E-state index is 0.0232. The number of rotatable bonds is 6. The summed E-state index contributed by atoms with van der Waals surface area (Å²) in [5.41, 5.74) is 0.782. The van der Waals surface area contributed by atoms with Crippen molar-refractivity contribution in [3.05, 3.63) is 35.9 Å². The molecule has 4 heteroatoms. The van der Waals surface area contributed by atoms with Crippen LogP contribution in [0.3, 0.4) is 0 Å². The van der Waals surface area contributed by atoms with Crippen LogP contribution in [-0.2, 0) is 4.79 Å². The molecule has 1 N–H and O–H groups in total. The number of amides is 1. The van der Waals surface area contributed by atoms with E-state index in [1.54, 1.807) is 0 Å². The van der Waals surface area contributed by atoms with Gasteiger partial charge in [0.25, 0.3) is 0 Å². The van der Waals surface area contributed by atoms with Crippen LogP contribution in [-0.4, -0.2) is 42.3 Å². The van der Waals surface area contributed by atoms with Crippen molar-refractivity contribution in [1.29, 1.82) is 0 Å². The summed E-state index contributed by atoms with van der Waals surface area (Å²) in [4.78, 5) is 26.2. The molecule has 1 saturated heterocycles. The molecule has 1 aliphatic heterocycles. The van der Waals surface area contributed by atoms with Gasteiger partial charge in [0.15, 0.2) is 5.78 Å². The molecule has 0 unspecified atom stereocenters. The van der Waals surface area contributed by atoms with Crippen LogP contribution >= 0.6 is 0 Å². The Labute approximate surface area is 132 Å². The van der Waals surface area contributed by atoms with Crippen LogP contribution < -0.4 is 5.32 Å². The first-order valence-electron chi connectivity index (χ1n) is 8.17. The number of hydrogen-bond donors (Lipinski definition) is 1. The van der Waals surface area contributed by atoms with Gasteiger partial charge < -0.3 is 10.2 Å². The lowest BCUT2D eigenvalue weighted by atomic mass is 10.0. The number of Topliss-reactive ketones (excluding diaryl/α,β-unsaturated/α-hetero) is 1. The fourth-order valence-electron chi connectivity index (χ4n) is 2.77. The van der Waals surface area contributed by atoms with Crippen molar-refractivity contribution in [2.45, 2.75) is 39.2 Å². The second kappa shape index (κ2) is 8.08. The molecular formula is C18H26N2O2. The van der Waals surface area contributed by atoms with Gasteiger partial charge in [0.05, 0.1) is 0 Å². The highest BCUT2D eigenvalue weighted by Gasteiger charge is 2.22. The molecule has 1 aromatic rings. The summed E-state index contributed by atoms with van der Waals surface area (Å²) in [7, 11) is 0. The average molecular weight is 302 g/mol. The summed E-state index contributed by atoms with van der Waals surface area (Å²) in [5.74, 6) is 0.330. The molecule has 120 valence electrons. The van der Waals surface area contributed by atoms with E-state index in [0.29, 0.717) is 6.42 Å². The zero-order chi connectivity index (χ0) is 15.9. The molecule has 1 heterocycles. The minimum atomic E-state index is 0.0232. The smallest absolute Gasteiger partial charge is 0.222 e. The largest absolute Gasteiger partial charge is 0.352 e. The van der Waals surface area contributed by atoms with Crippen molar-refractivity contribution in [1.82, 2.24) is 10.2 Å². The van der Waals surface area contributed by atoms with Crippen molar-refractivity contribution < 1.29 is 9.59 Å². The van der Waals surface area contributed by atoms with Gasteiger partial charge in [0.2, 0.25) is 5.91 Å². The second-order valence-electron chi connectivity index (χ2n) is 6.34. The van der Waals surface area contributed by atoms with E-state index in [1.165, 1.54) is 0 Å². The van der Waals surface area contributed by atoms with Crippen molar-refractivity contribution in [2.24, 2.45) is 5.92 Å². The molecule has 0 spiro atoms. The molecule has 0 aliphatic carbocycles. The van der Waals surface area contributed by atoms with E-state index in [1.807, 2.05) is 44.2 Å². The molecule has 0 saturated carbocycles. The number of benzene rings is 1. The first kappa shape index (κ1) is 16.7. The lowest BCUT2D eigenvalue weighted by Gasteiger charge is -2.33. The van der Waals surface area contributed by atoms with E-state index in [-0.39, 0.29) is 23.7 Å². The fourth-order valence-corrected chi connectivity index (χ4v) is 2.77. The molecule has 1 aliphatic rings. The standard InChI is InChI=1S/C18H26N2O2/c1-14(2)18(22)19-16-9-6-11-20(13-16)12-10-17(21)15-7-4-3-5-8-15/h3-5,7-8,14,16H,6,9-13H2,1-2H3,(H,19,22)/t16-/m1/s1. The van der Waals surface area contributed by atoms with Gasteiger partial charge in [-0.1, -0.05) is 44.2 Å². The first-order valence-corrected chi connectivity index (χ1v) is 8.17. The number of hydrogen-bond acceptors (Lipinski definition) is 3. The zero-order valence-electron chi connectivity index (χ0n) is 13.5. The number of piperidine rings is 1. The second-order valence-corrected chi connectivity index (χ2v) is 6.34.